The zero-order chi connectivity index (χ0) is 22.8. The second-order valence-corrected chi connectivity index (χ2v) is 8.96. The number of anilines is 1. The summed E-state index contributed by atoms with van der Waals surface area (Å²) in [7, 11) is 4.17. The SMILES string of the molecule is CN(C)CCC1Cc2ccccc2N(C(=O)CCc2nc(-c3cc4ccccc4o3)no2)C1. The van der Waals surface area contributed by atoms with Gasteiger partial charge in [-0.15, -0.1) is 0 Å². The number of para-hydroxylation sites is 2. The summed E-state index contributed by atoms with van der Waals surface area (Å²) in [6.07, 6.45) is 2.79. The maximum atomic E-state index is 13.2. The Balaban J connectivity index is 1.26. The summed E-state index contributed by atoms with van der Waals surface area (Å²) in [6, 6.07) is 17.9. The summed E-state index contributed by atoms with van der Waals surface area (Å²) in [5.74, 6) is 1.94. The zero-order valence-corrected chi connectivity index (χ0v) is 19.0. The largest absolute Gasteiger partial charge is 0.453 e. The molecule has 1 atom stereocenters. The molecule has 0 spiro atoms. The summed E-state index contributed by atoms with van der Waals surface area (Å²) in [6.45, 7) is 1.76. The lowest BCUT2D eigenvalue weighted by Crippen LogP contribution is -2.41. The average Bonchev–Trinajstić information content (AvgIpc) is 3.47. The fourth-order valence-electron chi connectivity index (χ4n) is 4.45. The first kappa shape index (κ1) is 21.4. The van der Waals surface area contributed by atoms with E-state index >= 15 is 0 Å². The van der Waals surface area contributed by atoms with Gasteiger partial charge in [-0.05, 0) is 63.2 Å². The molecule has 1 aliphatic heterocycles. The van der Waals surface area contributed by atoms with Crippen molar-refractivity contribution in [2.24, 2.45) is 5.92 Å². The van der Waals surface area contributed by atoms with Gasteiger partial charge in [0.2, 0.25) is 17.6 Å². The van der Waals surface area contributed by atoms with Crippen molar-refractivity contribution in [2.45, 2.75) is 25.7 Å². The van der Waals surface area contributed by atoms with E-state index in [1.807, 2.05) is 53.4 Å². The molecular weight excluding hydrogens is 416 g/mol. The van der Waals surface area contributed by atoms with Crippen molar-refractivity contribution >= 4 is 22.6 Å². The van der Waals surface area contributed by atoms with Crippen molar-refractivity contribution in [3.63, 3.8) is 0 Å². The monoisotopic (exact) mass is 444 g/mol. The number of fused-ring (bicyclic) bond motifs is 2. The van der Waals surface area contributed by atoms with E-state index < -0.39 is 0 Å². The summed E-state index contributed by atoms with van der Waals surface area (Å²) in [5, 5.41) is 5.04. The van der Waals surface area contributed by atoms with Gasteiger partial charge in [-0.1, -0.05) is 41.6 Å². The van der Waals surface area contributed by atoms with E-state index in [-0.39, 0.29) is 5.91 Å². The molecule has 0 bridgehead atoms. The van der Waals surface area contributed by atoms with Crippen LogP contribution in [0.25, 0.3) is 22.6 Å². The molecular formula is C26H28N4O3. The molecule has 0 aliphatic carbocycles. The second-order valence-electron chi connectivity index (χ2n) is 8.96. The van der Waals surface area contributed by atoms with Gasteiger partial charge < -0.3 is 18.7 Å². The third-order valence-electron chi connectivity index (χ3n) is 6.18. The minimum Gasteiger partial charge on any atom is -0.453 e. The lowest BCUT2D eigenvalue weighted by Gasteiger charge is -2.35. The van der Waals surface area contributed by atoms with Crippen LogP contribution in [0.15, 0.2) is 63.5 Å². The van der Waals surface area contributed by atoms with Crippen LogP contribution in [0.3, 0.4) is 0 Å². The number of carbonyl (C=O) groups is 1. The number of furan rings is 1. The molecule has 2 aromatic carbocycles. The molecule has 1 unspecified atom stereocenters. The van der Waals surface area contributed by atoms with Crippen LogP contribution in [-0.2, 0) is 17.6 Å². The Hall–Kier alpha value is -3.45. The van der Waals surface area contributed by atoms with Crippen LogP contribution in [-0.4, -0.2) is 48.1 Å². The van der Waals surface area contributed by atoms with Crippen LogP contribution >= 0.6 is 0 Å². The summed E-state index contributed by atoms with van der Waals surface area (Å²) in [4.78, 5) is 21.8. The molecule has 0 saturated heterocycles. The normalized spacial score (nSPS) is 15.8. The lowest BCUT2D eigenvalue weighted by molar-refractivity contribution is -0.118. The Morgan fingerprint density at radius 3 is 2.82 bits per heavy atom. The molecule has 2 aromatic heterocycles. The van der Waals surface area contributed by atoms with Crippen LogP contribution < -0.4 is 4.90 Å². The van der Waals surface area contributed by atoms with Gasteiger partial charge in [0.05, 0.1) is 0 Å². The minimum absolute atomic E-state index is 0.0838. The smallest absolute Gasteiger partial charge is 0.238 e. The average molecular weight is 445 g/mol. The van der Waals surface area contributed by atoms with Crippen LogP contribution in [0.1, 0.15) is 24.3 Å². The fraction of sp³-hybridized carbons (Fsp3) is 0.346. The van der Waals surface area contributed by atoms with E-state index in [9.17, 15) is 4.79 Å². The highest BCUT2D eigenvalue weighted by Crippen LogP contribution is 2.32. The zero-order valence-electron chi connectivity index (χ0n) is 19.0. The van der Waals surface area contributed by atoms with E-state index in [1.54, 1.807) is 0 Å². The molecule has 0 radical (unpaired) electrons. The number of aryl methyl sites for hydroxylation is 1. The Kier molecular flexibility index (Phi) is 5.96. The maximum absolute atomic E-state index is 13.2. The standard InChI is InChI=1S/C26H28N4O3/c1-29(2)14-13-18-15-19-7-3-5-9-21(19)30(17-18)25(31)12-11-24-27-26(28-33-24)23-16-20-8-4-6-10-22(20)32-23/h3-10,16,18H,11-15,17H2,1-2H3. The summed E-state index contributed by atoms with van der Waals surface area (Å²) >= 11 is 0. The number of nitrogens with zero attached hydrogens (tertiary/aromatic N) is 4. The van der Waals surface area contributed by atoms with Gasteiger partial charge >= 0.3 is 0 Å². The quantitative estimate of drug-likeness (QED) is 0.416. The third-order valence-corrected chi connectivity index (χ3v) is 6.18. The van der Waals surface area contributed by atoms with Crippen LogP contribution in [0, 0.1) is 5.92 Å². The summed E-state index contributed by atoms with van der Waals surface area (Å²) < 4.78 is 11.2. The first-order valence-electron chi connectivity index (χ1n) is 11.4. The van der Waals surface area contributed by atoms with Crippen molar-refractivity contribution in [1.29, 1.82) is 0 Å². The van der Waals surface area contributed by atoms with E-state index in [4.69, 9.17) is 8.94 Å². The van der Waals surface area contributed by atoms with Gasteiger partial charge in [-0.25, -0.2) is 0 Å². The van der Waals surface area contributed by atoms with Crippen LogP contribution in [0.4, 0.5) is 5.69 Å². The molecule has 4 aromatic rings. The van der Waals surface area contributed by atoms with Gasteiger partial charge in [0.15, 0.2) is 5.76 Å². The first-order valence-corrected chi connectivity index (χ1v) is 11.4. The predicted octanol–water partition coefficient (Wildman–Crippen LogP) is 4.57. The van der Waals surface area contributed by atoms with Gasteiger partial charge in [-0.3, -0.25) is 4.79 Å². The molecule has 1 amide bonds. The van der Waals surface area contributed by atoms with E-state index in [1.165, 1.54) is 5.56 Å². The van der Waals surface area contributed by atoms with Crippen molar-refractivity contribution in [3.8, 4) is 11.6 Å². The third kappa shape index (κ3) is 4.68. The molecule has 1 aliphatic rings. The maximum Gasteiger partial charge on any atom is 0.238 e. The Morgan fingerprint density at radius 1 is 1.15 bits per heavy atom. The van der Waals surface area contributed by atoms with Crippen molar-refractivity contribution in [2.75, 3.05) is 32.1 Å². The number of hydrogen-bond donors (Lipinski definition) is 0. The number of benzene rings is 2. The topological polar surface area (TPSA) is 75.6 Å². The van der Waals surface area contributed by atoms with Gasteiger partial charge in [-0.2, -0.15) is 4.98 Å². The molecule has 0 fully saturated rings. The minimum atomic E-state index is 0.0838. The Labute approximate surface area is 193 Å². The van der Waals surface area contributed by atoms with E-state index in [0.717, 1.165) is 42.6 Å². The van der Waals surface area contributed by atoms with Crippen molar-refractivity contribution in [1.82, 2.24) is 15.0 Å². The number of rotatable bonds is 7. The molecule has 3 heterocycles. The van der Waals surface area contributed by atoms with Crippen LogP contribution in [0.2, 0.25) is 0 Å². The van der Waals surface area contributed by atoms with E-state index in [2.05, 4.69) is 35.2 Å². The number of amides is 1. The van der Waals surface area contributed by atoms with Gasteiger partial charge in [0.1, 0.15) is 5.58 Å². The number of hydrogen-bond acceptors (Lipinski definition) is 6. The van der Waals surface area contributed by atoms with Crippen molar-refractivity contribution in [3.05, 3.63) is 66.1 Å². The molecule has 7 heteroatoms. The summed E-state index contributed by atoms with van der Waals surface area (Å²) in [5.41, 5.74) is 3.05. The van der Waals surface area contributed by atoms with E-state index in [0.29, 0.717) is 36.2 Å². The molecule has 5 rings (SSSR count). The molecule has 33 heavy (non-hydrogen) atoms. The van der Waals surface area contributed by atoms with Crippen molar-refractivity contribution < 1.29 is 13.7 Å². The number of carbonyl (C=O) groups excluding carboxylic acids is 1. The molecule has 170 valence electrons. The van der Waals surface area contributed by atoms with Gasteiger partial charge in [0, 0.05) is 30.5 Å². The lowest BCUT2D eigenvalue weighted by atomic mass is 9.89. The second kappa shape index (κ2) is 9.19. The predicted molar refractivity (Wildman–Crippen MR) is 127 cm³/mol. The van der Waals surface area contributed by atoms with Crippen LogP contribution in [0.5, 0.6) is 0 Å². The Morgan fingerprint density at radius 2 is 1.97 bits per heavy atom. The Bertz CT molecular complexity index is 1230. The van der Waals surface area contributed by atoms with Gasteiger partial charge in [0.25, 0.3) is 0 Å². The fourth-order valence-corrected chi connectivity index (χ4v) is 4.45. The highest BCUT2D eigenvalue weighted by atomic mass is 16.5. The molecule has 7 nitrogen and oxygen atoms in total. The number of aromatic nitrogens is 2. The molecule has 0 N–H and O–H groups in total. The first-order chi connectivity index (χ1) is 16.1. The highest BCUT2D eigenvalue weighted by Gasteiger charge is 2.28. The highest BCUT2D eigenvalue weighted by molar-refractivity contribution is 5.94. The molecule has 0 saturated carbocycles.